The summed E-state index contributed by atoms with van der Waals surface area (Å²) in [6, 6.07) is 15.2. The molecule has 2 N–H and O–H groups in total. The molecule has 1 aliphatic heterocycles. The Morgan fingerprint density at radius 3 is 2.70 bits per heavy atom. The molecule has 0 bridgehead atoms. The summed E-state index contributed by atoms with van der Waals surface area (Å²) in [6.45, 7) is 4.00. The van der Waals surface area contributed by atoms with E-state index in [1.807, 2.05) is 62.4 Å². The smallest absolute Gasteiger partial charge is 0.238 e. The van der Waals surface area contributed by atoms with Crippen molar-refractivity contribution in [2.45, 2.75) is 25.5 Å². The van der Waals surface area contributed by atoms with Crippen molar-refractivity contribution >= 4 is 40.6 Å². The van der Waals surface area contributed by atoms with E-state index in [2.05, 4.69) is 20.8 Å². The van der Waals surface area contributed by atoms with Gasteiger partial charge in [0.1, 0.15) is 5.25 Å². The van der Waals surface area contributed by atoms with Crippen LogP contribution in [-0.2, 0) is 9.59 Å². The molecule has 27 heavy (non-hydrogen) atoms. The fraction of sp³-hybridized carbons (Fsp3) is 0.200. The first-order valence-corrected chi connectivity index (χ1v) is 9.40. The van der Waals surface area contributed by atoms with Gasteiger partial charge in [-0.25, -0.2) is 0 Å². The predicted molar refractivity (Wildman–Crippen MR) is 110 cm³/mol. The molecular weight excluding hydrogens is 360 g/mol. The second-order valence-electron chi connectivity index (χ2n) is 6.21. The number of benzene rings is 2. The molecule has 7 heteroatoms. The first kappa shape index (κ1) is 18.8. The summed E-state index contributed by atoms with van der Waals surface area (Å²) in [5.74, 6) is -0.472. The summed E-state index contributed by atoms with van der Waals surface area (Å²) in [5.41, 5.74) is 3.87. The van der Waals surface area contributed by atoms with Crippen LogP contribution in [0.5, 0.6) is 0 Å². The van der Waals surface area contributed by atoms with Gasteiger partial charge in [-0.15, -0.1) is 5.10 Å². The van der Waals surface area contributed by atoms with Gasteiger partial charge in [-0.1, -0.05) is 48.2 Å². The Bertz CT molecular complexity index is 909. The van der Waals surface area contributed by atoms with Gasteiger partial charge in [-0.3, -0.25) is 9.59 Å². The maximum atomic E-state index is 12.5. The topological polar surface area (TPSA) is 82.9 Å². The summed E-state index contributed by atoms with van der Waals surface area (Å²) in [4.78, 5) is 24.5. The number of amides is 2. The standard InChI is InChI=1S/C20H20N4O2S/c1-13-8-9-16(10-14(13)2)22-19(26)17-11-18(25)23-20(27-17)24-21-12-15-6-4-3-5-7-15/h3-10,12,17H,11H2,1-2H3,(H,22,26)(H,23,24,25). The number of rotatable bonds is 4. The molecule has 138 valence electrons. The average Bonchev–Trinajstić information content (AvgIpc) is 2.65. The molecular formula is C20H20N4O2S. The highest BCUT2D eigenvalue weighted by Gasteiger charge is 2.30. The van der Waals surface area contributed by atoms with E-state index in [0.717, 1.165) is 22.4 Å². The molecule has 1 unspecified atom stereocenters. The number of carbonyl (C=O) groups excluding carboxylic acids is 2. The summed E-state index contributed by atoms with van der Waals surface area (Å²) in [7, 11) is 0. The lowest BCUT2D eigenvalue weighted by Gasteiger charge is -2.21. The van der Waals surface area contributed by atoms with Gasteiger partial charge in [0.2, 0.25) is 11.8 Å². The van der Waals surface area contributed by atoms with Gasteiger partial charge < -0.3 is 10.6 Å². The minimum Gasteiger partial charge on any atom is -0.325 e. The van der Waals surface area contributed by atoms with Crippen molar-refractivity contribution in [1.82, 2.24) is 5.32 Å². The van der Waals surface area contributed by atoms with Gasteiger partial charge in [-0.2, -0.15) is 5.10 Å². The Labute approximate surface area is 162 Å². The summed E-state index contributed by atoms with van der Waals surface area (Å²) in [6.07, 6.45) is 1.70. The minimum atomic E-state index is -0.550. The lowest BCUT2D eigenvalue weighted by atomic mass is 10.1. The number of amidine groups is 1. The predicted octanol–water partition coefficient (Wildman–Crippen LogP) is 3.25. The number of hydrogen-bond acceptors (Lipinski definition) is 5. The maximum absolute atomic E-state index is 12.5. The van der Waals surface area contributed by atoms with Crippen LogP contribution in [0.4, 0.5) is 5.69 Å². The Hall–Kier alpha value is -2.93. The van der Waals surface area contributed by atoms with E-state index in [-0.39, 0.29) is 18.2 Å². The van der Waals surface area contributed by atoms with Gasteiger partial charge >= 0.3 is 0 Å². The highest BCUT2D eigenvalue weighted by Crippen LogP contribution is 2.23. The van der Waals surface area contributed by atoms with E-state index in [4.69, 9.17) is 0 Å². The van der Waals surface area contributed by atoms with Crippen molar-refractivity contribution < 1.29 is 9.59 Å². The van der Waals surface area contributed by atoms with Crippen LogP contribution < -0.4 is 10.6 Å². The summed E-state index contributed by atoms with van der Waals surface area (Å²) < 4.78 is 0. The van der Waals surface area contributed by atoms with Crippen molar-refractivity contribution in [2.24, 2.45) is 10.2 Å². The van der Waals surface area contributed by atoms with Crippen LogP contribution in [0.15, 0.2) is 58.7 Å². The number of thioether (sulfide) groups is 1. The molecule has 0 aromatic heterocycles. The Morgan fingerprint density at radius 1 is 1.19 bits per heavy atom. The summed E-state index contributed by atoms with van der Waals surface area (Å²) >= 11 is 1.20. The van der Waals surface area contributed by atoms with Crippen LogP contribution in [0, 0.1) is 13.8 Å². The van der Waals surface area contributed by atoms with E-state index in [1.54, 1.807) is 6.21 Å². The molecule has 1 aliphatic rings. The third kappa shape index (κ3) is 5.27. The molecule has 2 aromatic carbocycles. The van der Waals surface area contributed by atoms with Crippen molar-refractivity contribution in [2.75, 3.05) is 5.32 Å². The molecule has 3 rings (SSSR count). The van der Waals surface area contributed by atoms with Crippen molar-refractivity contribution in [3.8, 4) is 0 Å². The third-order valence-electron chi connectivity index (χ3n) is 4.09. The third-order valence-corrected chi connectivity index (χ3v) is 5.17. The number of hydrogen-bond donors (Lipinski definition) is 2. The number of carbonyl (C=O) groups is 2. The fourth-order valence-electron chi connectivity index (χ4n) is 2.47. The number of nitrogens with one attached hydrogen (secondary N) is 2. The van der Waals surface area contributed by atoms with Gasteiger partial charge in [-0.05, 0) is 42.7 Å². The second kappa shape index (κ2) is 8.64. The van der Waals surface area contributed by atoms with E-state index in [1.165, 1.54) is 11.8 Å². The van der Waals surface area contributed by atoms with Crippen LogP contribution in [0.3, 0.4) is 0 Å². The molecule has 0 saturated carbocycles. The summed E-state index contributed by atoms with van der Waals surface area (Å²) in [5, 5.41) is 13.3. The van der Waals surface area contributed by atoms with Crippen LogP contribution in [0.2, 0.25) is 0 Å². The highest BCUT2D eigenvalue weighted by atomic mass is 32.2. The number of nitrogens with zero attached hydrogens (tertiary/aromatic N) is 2. The van der Waals surface area contributed by atoms with Gasteiger partial charge in [0.25, 0.3) is 0 Å². The Balaban J connectivity index is 1.66. The zero-order chi connectivity index (χ0) is 19.2. The molecule has 1 fully saturated rings. The van der Waals surface area contributed by atoms with Gasteiger partial charge in [0.15, 0.2) is 5.17 Å². The zero-order valence-corrected chi connectivity index (χ0v) is 15.9. The fourth-order valence-corrected chi connectivity index (χ4v) is 3.41. The Kier molecular flexibility index (Phi) is 6.03. The molecule has 6 nitrogen and oxygen atoms in total. The maximum Gasteiger partial charge on any atom is 0.238 e. The van der Waals surface area contributed by atoms with Gasteiger partial charge in [0.05, 0.1) is 6.21 Å². The first-order valence-electron chi connectivity index (χ1n) is 8.52. The van der Waals surface area contributed by atoms with E-state index in [0.29, 0.717) is 5.17 Å². The molecule has 0 aliphatic carbocycles. The molecule has 0 radical (unpaired) electrons. The SMILES string of the molecule is Cc1ccc(NC(=O)C2CC(=O)N/C(=N\N=Cc3ccccc3)S2)cc1C. The molecule has 1 atom stereocenters. The highest BCUT2D eigenvalue weighted by molar-refractivity contribution is 8.15. The lowest BCUT2D eigenvalue weighted by Crippen LogP contribution is -2.41. The Morgan fingerprint density at radius 2 is 1.96 bits per heavy atom. The number of aryl methyl sites for hydroxylation is 2. The van der Waals surface area contributed by atoms with Crippen molar-refractivity contribution in [3.63, 3.8) is 0 Å². The minimum absolute atomic E-state index is 0.1000. The molecule has 1 heterocycles. The van der Waals surface area contributed by atoms with Crippen LogP contribution in [0.1, 0.15) is 23.1 Å². The zero-order valence-electron chi connectivity index (χ0n) is 15.1. The first-order chi connectivity index (χ1) is 13.0. The number of anilines is 1. The van der Waals surface area contributed by atoms with E-state index >= 15 is 0 Å². The van der Waals surface area contributed by atoms with Crippen LogP contribution in [0.25, 0.3) is 0 Å². The normalized spacial score (nSPS) is 18.5. The average molecular weight is 380 g/mol. The van der Waals surface area contributed by atoms with E-state index in [9.17, 15) is 9.59 Å². The monoisotopic (exact) mass is 380 g/mol. The lowest BCUT2D eigenvalue weighted by molar-refractivity contribution is -0.123. The van der Waals surface area contributed by atoms with E-state index < -0.39 is 5.25 Å². The molecule has 2 aromatic rings. The molecule has 2 amide bonds. The van der Waals surface area contributed by atoms with Gasteiger partial charge in [0, 0.05) is 12.1 Å². The molecule has 0 spiro atoms. The largest absolute Gasteiger partial charge is 0.325 e. The van der Waals surface area contributed by atoms with Crippen LogP contribution in [-0.4, -0.2) is 28.4 Å². The van der Waals surface area contributed by atoms with Crippen molar-refractivity contribution in [3.05, 3.63) is 65.2 Å². The van der Waals surface area contributed by atoms with Crippen LogP contribution >= 0.6 is 11.8 Å². The molecule has 1 saturated heterocycles. The second-order valence-corrected chi connectivity index (χ2v) is 7.40. The van der Waals surface area contributed by atoms with Crippen molar-refractivity contribution in [1.29, 1.82) is 0 Å². The quantitative estimate of drug-likeness (QED) is 0.631.